The molecule has 1 saturated heterocycles. The summed E-state index contributed by atoms with van der Waals surface area (Å²) in [5.74, 6) is 0.240. The maximum Gasteiger partial charge on any atom is 0.239 e. The van der Waals surface area contributed by atoms with Crippen LogP contribution >= 0.6 is 0 Å². The predicted molar refractivity (Wildman–Crippen MR) is 57.2 cm³/mol. The first kappa shape index (κ1) is 11.5. The fraction of sp³-hybridized carbons (Fsp3) is 0.900. The minimum Gasteiger partial charge on any atom is -0.343 e. The second-order valence-corrected chi connectivity index (χ2v) is 4.21. The summed E-state index contributed by atoms with van der Waals surface area (Å²) in [7, 11) is 5.92. The molecule has 0 radical (unpaired) electrons. The van der Waals surface area contributed by atoms with Crippen molar-refractivity contribution in [1.82, 2.24) is 15.1 Å². The highest BCUT2D eigenvalue weighted by Crippen LogP contribution is 2.07. The Morgan fingerprint density at radius 2 is 2.07 bits per heavy atom. The van der Waals surface area contributed by atoms with Gasteiger partial charge in [0.1, 0.15) is 0 Å². The summed E-state index contributed by atoms with van der Waals surface area (Å²) in [4.78, 5) is 15.7. The van der Waals surface area contributed by atoms with E-state index in [4.69, 9.17) is 0 Å². The van der Waals surface area contributed by atoms with Gasteiger partial charge in [0.2, 0.25) is 5.91 Å². The second kappa shape index (κ2) is 5.32. The largest absolute Gasteiger partial charge is 0.343 e. The molecule has 0 aliphatic carbocycles. The Hall–Kier alpha value is -0.610. The topological polar surface area (TPSA) is 35.6 Å². The molecule has 4 nitrogen and oxygen atoms in total. The molecule has 0 bridgehead atoms. The molecule has 1 aliphatic heterocycles. The van der Waals surface area contributed by atoms with Crippen molar-refractivity contribution in [2.24, 2.45) is 0 Å². The molecular weight excluding hydrogens is 178 g/mol. The third-order valence-electron chi connectivity index (χ3n) is 2.62. The summed E-state index contributed by atoms with van der Waals surface area (Å²) in [6, 6.07) is 0.0714. The first-order chi connectivity index (χ1) is 6.61. The van der Waals surface area contributed by atoms with Crippen molar-refractivity contribution >= 4 is 5.91 Å². The molecule has 4 heteroatoms. The van der Waals surface area contributed by atoms with Gasteiger partial charge in [-0.1, -0.05) is 0 Å². The van der Waals surface area contributed by atoms with Gasteiger partial charge in [-0.15, -0.1) is 0 Å². The molecule has 0 unspecified atom stereocenters. The third kappa shape index (κ3) is 3.27. The van der Waals surface area contributed by atoms with E-state index in [1.807, 2.05) is 26.0 Å². The van der Waals surface area contributed by atoms with Crippen LogP contribution in [-0.2, 0) is 4.79 Å². The zero-order chi connectivity index (χ0) is 10.6. The van der Waals surface area contributed by atoms with Crippen LogP contribution in [-0.4, -0.2) is 62.5 Å². The van der Waals surface area contributed by atoms with E-state index in [1.165, 1.54) is 0 Å². The Morgan fingerprint density at radius 1 is 1.36 bits per heavy atom. The average Bonchev–Trinajstić information content (AvgIpc) is 2.65. The number of hydrogen-bond donors (Lipinski definition) is 1. The van der Waals surface area contributed by atoms with Crippen LogP contribution < -0.4 is 5.32 Å². The van der Waals surface area contributed by atoms with E-state index < -0.39 is 0 Å². The van der Waals surface area contributed by atoms with E-state index in [0.717, 1.165) is 32.5 Å². The first-order valence-corrected chi connectivity index (χ1v) is 5.24. The third-order valence-corrected chi connectivity index (χ3v) is 2.62. The lowest BCUT2D eigenvalue weighted by molar-refractivity contribution is -0.131. The van der Waals surface area contributed by atoms with Gasteiger partial charge in [-0.25, -0.2) is 0 Å². The summed E-state index contributed by atoms with van der Waals surface area (Å²) in [5.41, 5.74) is 0. The van der Waals surface area contributed by atoms with E-state index in [0.29, 0.717) is 0 Å². The van der Waals surface area contributed by atoms with E-state index in [1.54, 1.807) is 0 Å². The monoisotopic (exact) mass is 199 g/mol. The SMILES string of the molecule is CN(C)CCN(C)C(=O)[C@@H]1CCCN1. The number of rotatable bonds is 4. The highest BCUT2D eigenvalue weighted by molar-refractivity contribution is 5.81. The number of carbonyl (C=O) groups is 1. The molecule has 0 aromatic rings. The standard InChI is InChI=1S/C10H21N3O/c1-12(2)7-8-13(3)10(14)9-5-4-6-11-9/h9,11H,4-8H2,1-3H3/t9-/m0/s1. The van der Waals surface area contributed by atoms with Crippen molar-refractivity contribution in [3.05, 3.63) is 0 Å². The molecule has 0 spiro atoms. The molecule has 82 valence electrons. The van der Waals surface area contributed by atoms with Gasteiger partial charge in [-0.05, 0) is 33.5 Å². The maximum absolute atomic E-state index is 11.8. The molecule has 1 amide bonds. The number of nitrogens with zero attached hydrogens (tertiary/aromatic N) is 2. The van der Waals surface area contributed by atoms with Crippen LogP contribution in [0.5, 0.6) is 0 Å². The highest BCUT2D eigenvalue weighted by Gasteiger charge is 2.24. The normalized spacial score (nSPS) is 21.6. The van der Waals surface area contributed by atoms with E-state index in [-0.39, 0.29) is 11.9 Å². The first-order valence-electron chi connectivity index (χ1n) is 5.24. The molecule has 0 aromatic carbocycles. The molecule has 1 atom stereocenters. The molecule has 1 heterocycles. The minimum absolute atomic E-state index is 0.0714. The quantitative estimate of drug-likeness (QED) is 0.678. The van der Waals surface area contributed by atoms with Crippen molar-refractivity contribution < 1.29 is 4.79 Å². The van der Waals surface area contributed by atoms with Crippen molar-refractivity contribution in [2.75, 3.05) is 40.8 Å². The van der Waals surface area contributed by atoms with Crippen LogP contribution in [0.3, 0.4) is 0 Å². The maximum atomic E-state index is 11.8. The minimum atomic E-state index is 0.0714. The molecule has 14 heavy (non-hydrogen) atoms. The summed E-state index contributed by atoms with van der Waals surface area (Å²) in [5, 5.41) is 3.22. The van der Waals surface area contributed by atoms with Gasteiger partial charge in [0.25, 0.3) is 0 Å². The predicted octanol–water partition coefficient (Wildman–Crippen LogP) is -0.242. The Bertz CT molecular complexity index is 188. The lowest BCUT2D eigenvalue weighted by Gasteiger charge is -2.22. The van der Waals surface area contributed by atoms with Gasteiger partial charge >= 0.3 is 0 Å². The van der Waals surface area contributed by atoms with Crippen molar-refractivity contribution in [3.63, 3.8) is 0 Å². The lowest BCUT2D eigenvalue weighted by atomic mass is 10.2. The van der Waals surface area contributed by atoms with Crippen LogP contribution in [0.2, 0.25) is 0 Å². The van der Waals surface area contributed by atoms with Crippen molar-refractivity contribution in [3.8, 4) is 0 Å². The summed E-state index contributed by atoms with van der Waals surface area (Å²) in [6.45, 7) is 2.72. The number of likely N-dealkylation sites (N-methyl/N-ethyl adjacent to an activating group) is 2. The van der Waals surface area contributed by atoms with Crippen LogP contribution in [0, 0.1) is 0 Å². The molecule has 0 aromatic heterocycles. The number of nitrogens with one attached hydrogen (secondary N) is 1. The lowest BCUT2D eigenvalue weighted by Crippen LogP contribution is -2.43. The van der Waals surface area contributed by atoms with Crippen LogP contribution in [0.15, 0.2) is 0 Å². The van der Waals surface area contributed by atoms with Crippen molar-refractivity contribution in [2.45, 2.75) is 18.9 Å². The summed E-state index contributed by atoms with van der Waals surface area (Å²) in [6.07, 6.45) is 2.11. The molecule has 1 rings (SSSR count). The Morgan fingerprint density at radius 3 is 2.57 bits per heavy atom. The Labute approximate surface area is 86.2 Å². The van der Waals surface area contributed by atoms with E-state index in [2.05, 4.69) is 10.2 Å². The van der Waals surface area contributed by atoms with Gasteiger partial charge in [-0.2, -0.15) is 0 Å². The van der Waals surface area contributed by atoms with Crippen LogP contribution in [0.4, 0.5) is 0 Å². The van der Waals surface area contributed by atoms with Crippen LogP contribution in [0.1, 0.15) is 12.8 Å². The second-order valence-electron chi connectivity index (χ2n) is 4.21. The zero-order valence-electron chi connectivity index (χ0n) is 9.42. The number of hydrogen-bond acceptors (Lipinski definition) is 3. The van der Waals surface area contributed by atoms with Gasteiger partial charge in [0, 0.05) is 20.1 Å². The highest BCUT2D eigenvalue weighted by atomic mass is 16.2. The fourth-order valence-electron chi connectivity index (χ4n) is 1.62. The van der Waals surface area contributed by atoms with Crippen LogP contribution in [0.25, 0.3) is 0 Å². The number of carbonyl (C=O) groups excluding carboxylic acids is 1. The smallest absolute Gasteiger partial charge is 0.239 e. The van der Waals surface area contributed by atoms with E-state index in [9.17, 15) is 4.79 Å². The fourth-order valence-corrected chi connectivity index (χ4v) is 1.62. The van der Waals surface area contributed by atoms with Gasteiger partial charge in [0.05, 0.1) is 6.04 Å². The molecule has 1 aliphatic rings. The Balaban J connectivity index is 2.28. The molecule has 1 fully saturated rings. The molecule has 1 N–H and O–H groups in total. The summed E-state index contributed by atoms with van der Waals surface area (Å²) < 4.78 is 0. The molecular formula is C10H21N3O. The van der Waals surface area contributed by atoms with Gasteiger partial charge in [0.15, 0.2) is 0 Å². The van der Waals surface area contributed by atoms with Crippen molar-refractivity contribution in [1.29, 1.82) is 0 Å². The zero-order valence-corrected chi connectivity index (χ0v) is 9.42. The summed E-state index contributed by atoms with van der Waals surface area (Å²) >= 11 is 0. The van der Waals surface area contributed by atoms with Gasteiger partial charge in [-0.3, -0.25) is 4.79 Å². The number of amides is 1. The average molecular weight is 199 g/mol. The molecule has 0 saturated carbocycles. The Kier molecular flexibility index (Phi) is 4.35. The van der Waals surface area contributed by atoms with Gasteiger partial charge < -0.3 is 15.1 Å². The van der Waals surface area contributed by atoms with E-state index >= 15 is 0 Å².